The van der Waals surface area contributed by atoms with Crippen molar-refractivity contribution in [1.82, 2.24) is 14.5 Å². The first-order valence-corrected chi connectivity index (χ1v) is 12.9. The average Bonchev–Trinajstić information content (AvgIpc) is 2.85. The Morgan fingerprint density at radius 3 is 2.37 bits per heavy atom. The molecule has 0 aliphatic rings. The number of ether oxygens (including phenoxy) is 2. The van der Waals surface area contributed by atoms with Crippen molar-refractivity contribution in [3.8, 4) is 11.5 Å². The van der Waals surface area contributed by atoms with Gasteiger partial charge in [-0.05, 0) is 36.5 Å². The van der Waals surface area contributed by atoms with Gasteiger partial charge in [0.15, 0.2) is 17.2 Å². The van der Waals surface area contributed by atoms with Crippen LogP contribution < -0.4 is 31.4 Å². The van der Waals surface area contributed by atoms with Crippen molar-refractivity contribution in [1.29, 1.82) is 0 Å². The summed E-state index contributed by atoms with van der Waals surface area (Å²) >= 11 is 0. The Balaban J connectivity index is 2.34. The molecule has 2 amide bonds. The highest BCUT2D eigenvalue weighted by Gasteiger charge is 2.27. The maximum atomic E-state index is 13.5. The number of amides is 2. The van der Waals surface area contributed by atoms with Crippen LogP contribution in [-0.2, 0) is 11.3 Å². The zero-order valence-corrected chi connectivity index (χ0v) is 23.5. The molecule has 11 nitrogen and oxygen atoms in total. The molecule has 0 saturated heterocycles. The normalized spacial score (nSPS) is 11.1. The smallest absolute Gasteiger partial charge is 0.330 e. The number of likely N-dealkylation sites (N-methyl/N-ethyl adjacent to an activating group) is 1. The van der Waals surface area contributed by atoms with Crippen LogP contribution in [-0.4, -0.2) is 60.1 Å². The van der Waals surface area contributed by atoms with E-state index in [-0.39, 0.29) is 43.0 Å². The van der Waals surface area contributed by atoms with E-state index in [2.05, 4.69) is 11.9 Å². The lowest BCUT2D eigenvalue weighted by atomic mass is 10.1. The number of nitrogen functional groups attached to an aromatic ring is 1. The van der Waals surface area contributed by atoms with E-state index in [1.54, 1.807) is 18.2 Å². The number of unbranched alkanes of at least 4 members (excludes halogenated alkanes) is 1. The van der Waals surface area contributed by atoms with Gasteiger partial charge in [0, 0.05) is 25.7 Å². The lowest BCUT2D eigenvalue weighted by Crippen LogP contribution is -2.47. The zero-order valence-electron chi connectivity index (χ0n) is 23.5. The van der Waals surface area contributed by atoms with Crippen LogP contribution in [0, 0.1) is 11.8 Å². The van der Waals surface area contributed by atoms with E-state index in [1.807, 2.05) is 27.7 Å². The number of nitrogens with two attached hydrogens (primary N) is 1. The molecular formula is C27H41N5O6. The van der Waals surface area contributed by atoms with Crippen LogP contribution in [0.4, 0.5) is 11.5 Å². The fourth-order valence-electron chi connectivity index (χ4n) is 3.89. The van der Waals surface area contributed by atoms with Gasteiger partial charge in [-0.1, -0.05) is 41.0 Å². The third-order valence-corrected chi connectivity index (χ3v) is 5.77. The molecule has 0 unspecified atom stereocenters. The van der Waals surface area contributed by atoms with Gasteiger partial charge in [-0.25, -0.2) is 4.79 Å². The van der Waals surface area contributed by atoms with Gasteiger partial charge in [0.05, 0.1) is 13.7 Å². The molecular weight excluding hydrogens is 490 g/mol. The lowest BCUT2D eigenvalue weighted by Gasteiger charge is -2.28. The molecule has 0 aliphatic heterocycles. The maximum Gasteiger partial charge on any atom is 0.330 e. The Hall–Kier alpha value is -3.76. The molecule has 1 aromatic carbocycles. The van der Waals surface area contributed by atoms with Gasteiger partial charge in [0.2, 0.25) is 5.91 Å². The predicted octanol–water partition coefficient (Wildman–Crippen LogP) is 2.72. The summed E-state index contributed by atoms with van der Waals surface area (Å²) in [6, 6.07) is 4.85. The number of nitrogens with zero attached hydrogens (tertiary/aromatic N) is 3. The summed E-state index contributed by atoms with van der Waals surface area (Å²) in [5.41, 5.74) is 5.10. The number of rotatable bonds is 13. The van der Waals surface area contributed by atoms with E-state index in [1.165, 1.54) is 28.5 Å². The van der Waals surface area contributed by atoms with Gasteiger partial charge < -0.3 is 25.0 Å². The molecule has 0 saturated carbocycles. The van der Waals surface area contributed by atoms with Crippen molar-refractivity contribution in [2.24, 2.45) is 11.8 Å². The molecule has 1 heterocycles. The monoisotopic (exact) mass is 531 g/mol. The summed E-state index contributed by atoms with van der Waals surface area (Å²) in [6.45, 7) is 10.3. The molecule has 0 bridgehead atoms. The fourth-order valence-corrected chi connectivity index (χ4v) is 3.89. The molecule has 3 N–H and O–H groups in total. The minimum Gasteiger partial charge on any atom is -0.493 e. The Bertz CT molecular complexity index is 1230. The van der Waals surface area contributed by atoms with Gasteiger partial charge >= 0.3 is 5.69 Å². The summed E-state index contributed by atoms with van der Waals surface area (Å²) in [4.78, 5) is 56.6. The van der Waals surface area contributed by atoms with Gasteiger partial charge in [0.25, 0.3) is 11.5 Å². The van der Waals surface area contributed by atoms with E-state index in [0.717, 1.165) is 12.8 Å². The molecule has 38 heavy (non-hydrogen) atoms. The molecule has 0 fully saturated rings. The maximum absolute atomic E-state index is 13.5. The number of hydrogen-bond donors (Lipinski definition) is 2. The lowest BCUT2D eigenvalue weighted by molar-refractivity contribution is -0.119. The minimum atomic E-state index is -0.751. The molecule has 0 atom stereocenters. The SMILES string of the molecule is CCCCOc1ccc(C(=O)N(C)CC(=O)N(CC(C)C)c2c(N)n(CC(C)C)c(=O)[nH]c2=O)cc1OC. The Kier molecular flexibility index (Phi) is 11.0. The van der Waals surface area contributed by atoms with Gasteiger partial charge in [-0.15, -0.1) is 0 Å². The third-order valence-electron chi connectivity index (χ3n) is 5.77. The number of methoxy groups -OCH3 is 1. The summed E-state index contributed by atoms with van der Waals surface area (Å²) in [7, 11) is 2.99. The first-order chi connectivity index (χ1) is 17.9. The van der Waals surface area contributed by atoms with E-state index in [4.69, 9.17) is 15.2 Å². The molecule has 0 radical (unpaired) electrons. The highest BCUT2D eigenvalue weighted by atomic mass is 16.5. The van der Waals surface area contributed by atoms with Gasteiger partial charge in [-0.2, -0.15) is 0 Å². The number of benzene rings is 1. The van der Waals surface area contributed by atoms with Gasteiger partial charge in [0.1, 0.15) is 12.4 Å². The van der Waals surface area contributed by atoms with E-state index >= 15 is 0 Å². The highest BCUT2D eigenvalue weighted by molar-refractivity contribution is 6.01. The first kappa shape index (κ1) is 30.5. The van der Waals surface area contributed by atoms with Crippen LogP contribution in [0.15, 0.2) is 27.8 Å². The number of aromatic amines is 1. The van der Waals surface area contributed by atoms with Gasteiger partial charge in [-0.3, -0.25) is 23.9 Å². The largest absolute Gasteiger partial charge is 0.493 e. The van der Waals surface area contributed by atoms with Crippen LogP contribution >= 0.6 is 0 Å². The van der Waals surface area contributed by atoms with Crippen molar-refractivity contribution in [2.45, 2.75) is 54.0 Å². The average molecular weight is 532 g/mol. The molecule has 2 rings (SSSR count). The van der Waals surface area contributed by atoms with Crippen LogP contribution in [0.2, 0.25) is 0 Å². The standard InChI is InChI=1S/C27H41N5O6/c1-8-9-12-38-20-11-10-19(13-21(20)37-7)26(35)30(6)16-22(33)31(14-17(2)3)23-24(28)32(15-18(4)5)27(36)29-25(23)34/h10-11,13,17-18H,8-9,12,14-16,28H2,1-7H3,(H,29,34,36). The second kappa shape index (κ2) is 13.7. The molecule has 0 spiro atoms. The van der Waals surface area contributed by atoms with Crippen LogP contribution in [0.3, 0.4) is 0 Å². The molecule has 0 aliphatic carbocycles. The number of anilines is 2. The van der Waals surface area contributed by atoms with Crippen LogP contribution in [0.1, 0.15) is 57.8 Å². The number of carbonyl (C=O) groups is 2. The Labute approximate surface area is 223 Å². The van der Waals surface area contributed by atoms with Crippen molar-refractivity contribution in [3.63, 3.8) is 0 Å². The van der Waals surface area contributed by atoms with E-state index in [9.17, 15) is 19.2 Å². The number of hydrogen-bond acceptors (Lipinski definition) is 7. The summed E-state index contributed by atoms with van der Waals surface area (Å²) < 4.78 is 12.4. The topological polar surface area (TPSA) is 140 Å². The molecule has 2 aromatic rings. The summed E-state index contributed by atoms with van der Waals surface area (Å²) in [5.74, 6) is 0.00560. The first-order valence-electron chi connectivity index (χ1n) is 12.9. The Morgan fingerprint density at radius 2 is 1.79 bits per heavy atom. The fraction of sp³-hybridized carbons (Fsp3) is 0.556. The summed E-state index contributed by atoms with van der Waals surface area (Å²) in [6.07, 6.45) is 1.88. The highest BCUT2D eigenvalue weighted by Crippen LogP contribution is 2.29. The van der Waals surface area contributed by atoms with Crippen LogP contribution in [0.5, 0.6) is 11.5 Å². The van der Waals surface area contributed by atoms with Crippen molar-refractivity contribution < 1.29 is 19.1 Å². The minimum absolute atomic E-state index is 0.0197. The second-order valence-electron chi connectivity index (χ2n) is 10.1. The second-order valence-corrected chi connectivity index (χ2v) is 10.1. The quantitative estimate of drug-likeness (QED) is 0.379. The third kappa shape index (κ3) is 7.62. The molecule has 1 aromatic heterocycles. The predicted molar refractivity (Wildman–Crippen MR) is 148 cm³/mol. The van der Waals surface area contributed by atoms with E-state index < -0.39 is 23.1 Å². The zero-order chi connectivity index (χ0) is 28.6. The number of aromatic nitrogens is 2. The summed E-state index contributed by atoms with van der Waals surface area (Å²) in [5, 5.41) is 0. The molecule has 11 heteroatoms. The number of nitrogens with one attached hydrogen (secondary N) is 1. The number of H-pyrrole nitrogens is 1. The Morgan fingerprint density at radius 1 is 1.11 bits per heavy atom. The van der Waals surface area contributed by atoms with Crippen LogP contribution in [0.25, 0.3) is 0 Å². The molecule has 210 valence electrons. The number of carbonyl (C=O) groups excluding carboxylic acids is 2. The van der Waals surface area contributed by atoms with Crippen molar-refractivity contribution >= 4 is 23.3 Å². The van der Waals surface area contributed by atoms with Crippen molar-refractivity contribution in [2.75, 3.05) is 44.5 Å². The van der Waals surface area contributed by atoms with Crippen molar-refractivity contribution in [3.05, 3.63) is 44.6 Å². The van der Waals surface area contributed by atoms with E-state index in [0.29, 0.717) is 23.7 Å².